The lowest BCUT2D eigenvalue weighted by Crippen LogP contribution is -1.99. The van der Waals surface area contributed by atoms with Crippen molar-refractivity contribution in [3.05, 3.63) is 24.3 Å². The maximum absolute atomic E-state index is 2.22. The Hall–Kier alpha value is -0.520. The Morgan fingerprint density at radius 2 is 0.833 bits per heavy atom. The summed E-state index contributed by atoms with van der Waals surface area (Å²) in [4.78, 5) is 0. The summed E-state index contributed by atoms with van der Waals surface area (Å²) in [5, 5.41) is 0. The summed E-state index contributed by atoms with van der Waals surface area (Å²) in [5.41, 5.74) is 0.588. The van der Waals surface area contributed by atoms with E-state index < -0.39 is 0 Å². The van der Waals surface area contributed by atoms with Gasteiger partial charge in [0.2, 0.25) is 0 Å². The van der Waals surface area contributed by atoms with Gasteiger partial charge in [0.05, 0.1) is 0 Å². The minimum absolute atomic E-state index is 0.294. The predicted molar refractivity (Wildman–Crippen MR) is 57.2 cm³/mol. The van der Waals surface area contributed by atoms with Crippen LogP contribution < -0.4 is 0 Å². The topological polar surface area (TPSA) is 0 Å². The molecule has 0 aliphatic heterocycles. The summed E-state index contributed by atoms with van der Waals surface area (Å²) >= 11 is 0. The number of allylic oxidation sites excluding steroid dienone is 4. The smallest absolute Gasteiger partial charge is 0.0200 e. The molecular weight excluding hydrogens is 144 g/mol. The van der Waals surface area contributed by atoms with E-state index in [9.17, 15) is 0 Å². The Balaban J connectivity index is 4.00. The van der Waals surface area contributed by atoms with Crippen LogP contribution in [0.1, 0.15) is 41.5 Å². The largest absolute Gasteiger partial charge is 0.0791 e. The van der Waals surface area contributed by atoms with E-state index >= 15 is 0 Å². The second-order valence-electron chi connectivity index (χ2n) is 5.45. The molecule has 0 atom stereocenters. The van der Waals surface area contributed by atoms with E-state index in [1.54, 1.807) is 0 Å². The molecule has 0 bridgehead atoms. The van der Waals surface area contributed by atoms with Gasteiger partial charge in [0.1, 0.15) is 0 Å². The Morgan fingerprint density at radius 1 is 0.583 bits per heavy atom. The summed E-state index contributed by atoms with van der Waals surface area (Å²) in [6, 6.07) is 0. The molecule has 0 aromatic rings. The van der Waals surface area contributed by atoms with Crippen LogP contribution in [0, 0.1) is 10.8 Å². The van der Waals surface area contributed by atoms with E-state index in [4.69, 9.17) is 0 Å². The van der Waals surface area contributed by atoms with Gasteiger partial charge in [-0.15, -0.1) is 0 Å². The van der Waals surface area contributed by atoms with Gasteiger partial charge in [0.25, 0.3) is 0 Å². The maximum Gasteiger partial charge on any atom is -0.0200 e. The zero-order valence-electron chi connectivity index (χ0n) is 9.31. The number of hydrogen-bond donors (Lipinski definition) is 0. The van der Waals surface area contributed by atoms with Gasteiger partial charge in [-0.2, -0.15) is 0 Å². The molecular formula is C12H22. The van der Waals surface area contributed by atoms with E-state index in [1.165, 1.54) is 0 Å². The normalized spacial score (nSPS) is 14.8. The summed E-state index contributed by atoms with van der Waals surface area (Å²) in [6.45, 7) is 13.2. The van der Waals surface area contributed by atoms with Crippen molar-refractivity contribution < 1.29 is 0 Å². The number of rotatable bonds is 1. The van der Waals surface area contributed by atoms with Gasteiger partial charge in [-0.3, -0.25) is 0 Å². The standard InChI is InChI=1S/C12H22/c1-11(2,3)9-7-8-10-12(4,5)6/h7-10H,1-6H3/b9-7+,10-8+. The van der Waals surface area contributed by atoms with Gasteiger partial charge in [-0.1, -0.05) is 65.8 Å². The molecule has 0 saturated carbocycles. The van der Waals surface area contributed by atoms with E-state index in [0.29, 0.717) is 10.8 Å². The highest BCUT2D eigenvalue weighted by atomic mass is 14.1. The fourth-order valence-corrected chi connectivity index (χ4v) is 0.688. The van der Waals surface area contributed by atoms with Gasteiger partial charge in [-0.25, -0.2) is 0 Å². The Labute approximate surface area is 77.4 Å². The van der Waals surface area contributed by atoms with Gasteiger partial charge >= 0.3 is 0 Å². The van der Waals surface area contributed by atoms with Gasteiger partial charge < -0.3 is 0 Å². The molecule has 0 unspecified atom stereocenters. The highest BCUT2D eigenvalue weighted by Gasteiger charge is 2.03. The van der Waals surface area contributed by atoms with Crippen LogP contribution in [0.5, 0.6) is 0 Å². The zero-order chi connectivity index (χ0) is 9.83. The molecule has 0 fully saturated rings. The average Bonchev–Trinajstić information content (AvgIpc) is 1.76. The molecule has 0 heterocycles. The first-order chi connectivity index (χ1) is 5.21. The molecule has 0 spiro atoms. The van der Waals surface area contributed by atoms with Crippen LogP contribution in [0.2, 0.25) is 0 Å². The zero-order valence-corrected chi connectivity index (χ0v) is 9.31. The van der Waals surface area contributed by atoms with Crippen LogP contribution in [0.15, 0.2) is 24.3 Å². The highest BCUT2D eigenvalue weighted by molar-refractivity contribution is 5.08. The molecule has 12 heavy (non-hydrogen) atoms. The number of hydrogen-bond acceptors (Lipinski definition) is 0. The van der Waals surface area contributed by atoms with Crippen molar-refractivity contribution in [2.24, 2.45) is 10.8 Å². The molecule has 0 nitrogen and oxygen atoms in total. The molecule has 0 heteroatoms. The lowest BCUT2D eigenvalue weighted by atomic mass is 9.94. The van der Waals surface area contributed by atoms with Crippen LogP contribution in [0.4, 0.5) is 0 Å². The second kappa shape index (κ2) is 3.93. The van der Waals surface area contributed by atoms with E-state index in [-0.39, 0.29) is 0 Å². The first kappa shape index (κ1) is 11.5. The maximum atomic E-state index is 2.22. The Bertz CT molecular complexity index is 147. The van der Waals surface area contributed by atoms with Crippen LogP contribution in [0.25, 0.3) is 0 Å². The lowest BCUT2D eigenvalue weighted by Gasteiger charge is -2.12. The van der Waals surface area contributed by atoms with Crippen molar-refractivity contribution in [1.82, 2.24) is 0 Å². The van der Waals surface area contributed by atoms with Gasteiger partial charge in [0, 0.05) is 0 Å². The molecule has 70 valence electrons. The quantitative estimate of drug-likeness (QED) is 0.512. The molecule has 0 aliphatic carbocycles. The van der Waals surface area contributed by atoms with Crippen molar-refractivity contribution in [1.29, 1.82) is 0 Å². The van der Waals surface area contributed by atoms with Crippen LogP contribution >= 0.6 is 0 Å². The summed E-state index contributed by atoms with van der Waals surface area (Å²) < 4.78 is 0. The minimum Gasteiger partial charge on any atom is -0.0791 e. The molecule has 0 aliphatic rings. The third-order valence-corrected chi connectivity index (χ3v) is 1.30. The Morgan fingerprint density at radius 3 is 1.00 bits per heavy atom. The third-order valence-electron chi connectivity index (χ3n) is 1.30. The van der Waals surface area contributed by atoms with E-state index in [1.807, 2.05) is 0 Å². The van der Waals surface area contributed by atoms with Crippen LogP contribution in [-0.4, -0.2) is 0 Å². The van der Waals surface area contributed by atoms with E-state index in [2.05, 4.69) is 65.8 Å². The summed E-state index contributed by atoms with van der Waals surface area (Å²) in [5.74, 6) is 0. The van der Waals surface area contributed by atoms with Crippen molar-refractivity contribution in [2.45, 2.75) is 41.5 Å². The van der Waals surface area contributed by atoms with E-state index in [0.717, 1.165) is 0 Å². The van der Waals surface area contributed by atoms with Crippen LogP contribution in [0.3, 0.4) is 0 Å². The fourth-order valence-electron chi connectivity index (χ4n) is 0.688. The first-order valence-electron chi connectivity index (χ1n) is 4.58. The van der Waals surface area contributed by atoms with Crippen molar-refractivity contribution >= 4 is 0 Å². The van der Waals surface area contributed by atoms with Crippen molar-refractivity contribution in [2.75, 3.05) is 0 Å². The average molecular weight is 166 g/mol. The molecule has 0 aromatic heterocycles. The summed E-state index contributed by atoms with van der Waals surface area (Å²) in [7, 11) is 0. The van der Waals surface area contributed by atoms with Crippen LogP contribution in [-0.2, 0) is 0 Å². The Kier molecular flexibility index (Phi) is 3.76. The molecule has 0 amide bonds. The fraction of sp³-hybridized carbons (Fsp3) is 0.667. The first-order valence-corrected chi connectivity index (χ1v) is 4.58. The van der Waals surface area contributed by atoms with Gasteiger partial charge in [-0.05, 0) is 10.8 Å². The third kappa shape index (κ3) is 9.48. The minimum atomic E-state index is 0.294. The van der Waals surface area contributed by atoms with Crippen molar-refractivity contribution in [3.63, 3.8) is 0 Å². The molecule has 0 N–H and O–H groups in total. The summed E-state index contributed by atoms with van der Waals surface area (Å²) in [6.07, 6.45) is 8.70. The van der Waals surface area contributed by atoms with Gasteiger partial charge in [0.15, 0.2) is 0 Å². The predicted octanol–water partition coefficient (Wildman–Crippen LogP) is 4.19. The van der Waals surface area contributed by atoms with Crippen molar-refractivity contribution in [3.8, 4) is 0 Å². The SMILES string of the molecule is CC(C)(C)/C=C/C=C/C(C)(C)C. The molecule has 0 radical (unpaired) electrons. The molecule has 0 rings (SSSR count). The molecule has 0 aromatic carbocycles. The highest BCUT2D eigenvalue weighted by Crippen LogP contribution is 2.16. The second-order valence-corrected chi connectivity index (χ2v) is 5.45. The lowest BCUT2D eigenvalue weighted by molar-refractivity contribution is 0.539. The molecule has 0 saturated heterocycles. The monoisotopic (exact) mass is 166 g/mol.